The molecule has 3 rings (SSSR count). The summed E-state index contributed by atoms with van der Waals surface area (Å²) in [4.78, 5) is 22.6. The van der Waals surface area contributed by atoms with Crippen LogP contribution in [0.25, 0.3) is 0 Å². The van der Waals surface area contributed by atoms with E-state index >= 15 is 0 Å². The number of urea groups is 1. The molecule has 0 aliphatic carbocycles. The highest BCUT2D eigenvalue weighted by Crippen LogP contribution is 2.29. The van der Waals surface area contributed by atoms with E-state index in [4.69, 9.17) is 0 Å². The first-order chi connectivity index (χ1) is 10.7. The number of benzene rings is 1. The van der Waals surface area contributed by atoms with Crippen molar-refractivity contribution in [3.05, 3.63) is 29.8 Å². The largest absolute Gasteiger partial charge is 0.323 e. The van der Waals surface area contributed by atoms with E-state index in [2.05, 4.69) is 10.6 Å². The van der Waals surface area contributed by atoms with E-state index < -0.39 is 44.0 Å². The maximum absolute atomic E-state index is 13.2. The summed E-state index contributed by atoms with van der Waals surface area (Å²) in [6.45, 7) is -0.0949. The lowest BCUT2D eigenvalue weighted by Crippen LogP contribution is -2.55. The van der Waals surface area contributed by atoms with Gasteiger partial charge in [0, 0.05) is 19.2 Å². The van der Waals surface area contributed by atoms with Crippen molar-refractivity contribution in [2.24, 2.45) is 0 Å². The molecule has 0 saturated carbocycles. The zero-order chi connectivity index (χ0) is 16.8. The number of nitrogens with zero attached hydrogens (tertiary/aromatic N) is 1. The minimum absolute atomic E-state index is 0.0475. The summed E-state index contributed by atoms with van der Waals surface area (Å²) in [6.07, 6.45) is 0.170. The third-order valence-electron chi connectivity index (χ3n) is 4.06. The first-order valence-electron chi connectivity index (χ1n) is 6.83. The van der Waals surface area contributed by atoms with E-state index in [0.29, 0.717) is 6.07 Å². The standard InChI is InChI=1S/C13H13F2N3O4S/c14-8-5-9(15)7-10(6-8)23(21,22)18-3-1-13(2-4-18)11(19)16-12(20)17-13/h5-7H,1-4H2,(H2,16,17,19,20). The van der Waals surface area contributed by atoms with Crippen molar-refractivity contribution in [1.82, 2.24) is 14.9 Å². The van der Waals surface area contributed by atoms with Crippen LogP contribution in [0.5, 0.6) is 0 Å². The number of carbonyl (C=O) groups excluding carboxylic acids is 2. The Bertz CT molecular complexity index is 768. The second kappa shape index (κ2) is 5.24. The van der Waals surface area contributed by atoms with Crippen LogP contribution in [-0.4, -0.2) is 43.3 Å². The summed E-state index contributed by atoms with van der Waals surface area (Å²) in [5.41, 5.74) is -1.11. The molecule has 7 nitrogen and oxygen atoms in total. The molecule has 2 aliphatic heterocycles. The van der Waals surface area contributed by atoms with Gasteiger partial charge in [0.15, 0.2) is 0 Å². The van der Waals surface area contributed by atoms with Crippen molar-refractivity contribution >= 4 is 22.0 Å². The highest BCUT2D eigenvalue weighted by molar-refractivity contribution is 7.89. The van der Waals surface area contributed by atoms with Gasteiger partial charge in [-0.1, -0.05) is 0 Å². The molecule has 0 unspecified atom stereocenters. The van der Waals surface area contributed by atoms with Crippen LogP contribution in [0.4, 0.5) is 13.6 Å². The topological polar surface area (TPSA) is 95.6 Å². The van der Waals surface area contributed by atoms with Crippen LogP contribution in [0.1, 0.15) is 12.8 Å². The number of rotatable bonds is 2. The number of piperidine rings is 1. The van der Waals surface area contributed by atoms with Crippen LogP contribution in [0.15, 0.2) is 23.1 Å². The van der Waals surface area contributed by atoms with E-state index in [9.17, 15) is 26.8 Å². The molecule has 10 heteroatoms. The van der Waals surface area contributed by atoms with E-state index in [-0.39, 0.29) is 25.9 Å². The van der Waals surface area contributed by atoms with Crippen LogP contribution in [0.2, 0.25) is 0 Å². The molecular formula is C13H13F2N3O4S. The van der Waals surface area contributed by atoms with Gasteiger partial charge in [0.1, 0.15) is 17.2 Å². The van der Waals surface area contributed by atoms with Gasteiger partial charge in [-0.3, -0.25) is 10.1 Å². The highest BCUT2D eigenvalue weighted by Gasteiger charge is 2.49. The van der Waals surface area contributed by atoms with Crippen molar-refractivity contribution in [3.63, 3.8) is 0 Å². The van der Waals surface area contributed by atoms with Gasteiger partial charge in [0.05, 0.1) is 4.90 Å². The Morgan fingerprint density at radius 1 is 1.04 bits per heavy atom. The molecule has 23 heavy (non-hydrogen) atoms. The number of amides is 3. The smallest absolute Gasteiger partial charge is 0.322 e. The first-order valence-corrected chi connectivity index (χ1v) is 8.27. The molecule has 2 heterocycles. The summed E-state index contributed by atoms with van der Waals surface area (Å²) >= 11 is 0. The normalized spacial score (nSPS) is 21.3. The Kier molecular flexibility index (Phi) is 3.60. The SMILES string of the molecule is O=C1NC(=O)C2(CCN(S(=O)(=O)c3cc(F)cc(F)c3)CC2)N1. The zero-order valence-corrected chi connectivity index (χ0v) is 12.6. The fourth-order valence-electron chi connectivity index (χ4n) is 2.81. The van der Waals surface area contributed by atoms with Gasteiger partial charge in [-0.2, -0.15) is 4.31 Å². The quantitative estimate of drug-likeness (QED) is 0.755. The van der Waals surface area contributed by atoms with Gasteiger partial charge in [-0.05, 0) is 25.0 Å². The number of imide groups is 1. The van der Waals surface area contributed by atoms with Crippen molar-refractivity contribution in [3.8, 4) is 0 Å². The molecule has 124 valence electrons. The molecule has 1 aromatic rings. The molecule has 0 atom stereocenters. The molecule has 2 aliphatic rings. The van der Waals surface area contributed by atoms with Gasteiger partial charge in [-0.25, -0.2) is 22.0 Å². The van der Waals surface area contributed by atoms with Crippen LogP contribution in [-0.2, 0) is 14.8 Å². The number of nitrogens with one attached hydrogen (secondary N) is 2. The molecule has 2 fully saturated rings. The molecule has 0 aromatic heterocycles. The maximum Gasteiger partial charge on any atom is 0.322 e. The van der Waals surface area contributed by atoms with Crippen LogP contribution >= 0.6 is 0 Å². The summed E-state index contributed by atoms with van der Waals surface area (Å²) in [5.74, 6) is -2.46. The lowest BCUT2D eigenvalue weighted by molar-refractivity contribution is -0.125. The summed E-state index contributed by atoms with van der Waals surface area (Å²) in [6, 6.07) is 1.46. The zero-order valence-electron chi connectivity index (χ0n) is 11.8. The maximum atomic E-state index is 13.2. The fraction of sp³-hybridized carbons (Fsp3) is 0.385. The molecular weight excluding hydrogens is 332 g/mol. The van der Waals surface area contributed by atoms with Crippen molar-refractivity contribution < 1.29 is 26.8 Å². The van der Waals surface area contributed by atoms with Gasteiger partial charge in [0.25, 0.3) is 5.91 Å². The molecule has 1 aromatic carbocycles. The van der Waals surface area contributed by atoms with E-state index in [1.54, 1.807) is 0 Å². The Balaban J connectivity index is 1.81. The number of halogens is 2. The van der Waals surface area contributed by atoms with Gasteiger partial charge in [0.2, 0.25) is 10.0 Å². The Morgan fingerprint density at radius 3 is 2.09 bits per heavy atom. The van der Waals surface area contributed by atoms with Crippen LogP contribution in [0, 0.1) is 11.6 Å². The van der Waals surface area contributed by atoms with Crippen molar-refractivity contribution in [2.75, 3.05) is 13.1 Å². The number of hydrogen-bond acceptors (Lipinski definition) is 4. The average Bonchev–Trinajstić information content (AvgIpc) is 2.72. The number of carbonyl (C=O) groups is 2. The number of sulfonamides is 1. The number of hydrogen-bond donors (Lipinski definition) is 2. The lowest BCUT2D eigenvalue weighted by atomic mass is 9.89. The Morgan fingerprint density at radius 2 is 1.61 bits per heavy atom. The van der Waals surface area contributed by atoms with Crippen LogP contribution in [0.3, 0.4) is 0 Å². The summed E-state index contributed by atoms with van der Waals surface area (Å²) in [7, 11) is -4.08. The average molecular weight is 345 g/mol. The Hall–Kier alpha value is -2.07. The third kappa shape index (κ3) is 2.68. The van der Waals surface area contributed by atoms with E-state index in [0.717, 1.165) is 16.4 Å². The monoisotopic (exact) mass is 345 g/mol. The Labute approximate surface area is 130 Å². The second-order valence-electron chi connectivity index (χ2n) is 5.50. The fourth-order valence-corrected chi connectivity index (χ4v) is 4.30. The molecule has 2 saturated heterocycles. The minimum Gasteiger partial charge on any atom is -0.323 e. The highest BCUT2D eigenvalue weighted by atomic mass is 32.2. The predicted octanol–water partition coefficient (Wildman–Crippen LogP) is 0.327. The van der Waals surface area contributed by atoms with Crippen molar-refractivity contribution in [1.29, 1.82) is 0 Å². The predicted molar refractivity (Wildman–Crippen MR) is 73.8 cm³/mol. The van der Waals surface area contributed by atoms with Gasteiger partial charge < -0.3 is 5.32 Å². The van der Waals surface area contributed by atoms with Gasteiger partial charge >= 0.3 is 6.03 Å². The molecule has 1 spiro atoms. The van der Waals surface area contributed by atoms with Crippen LogP contribution < -0.4 is 10.6 Å². The summed E-state index contributed by atoms with van der Waals surface area (Å²) < 4.78 is 52.4. The molecule has 2 N–H and O–H groups in total. The second-order valence-corrected chi connectivity index (χ2v) is 7.44. The molecule has 0 radical (unpaired) electrons. The van der Waals surface area contributed by atoms with Crippen molar-refractivity contribution in [2.45, 2.75) is 23.3 Å². The first kappa shape index (κ1) is 15.8. The lowest BCUT2D eigenvalue weighted by Gasteiger charge is -2.36. The molecule has 0 bridgehead atoms. The van der Waals surface area contributed by atoms with E-state index in [1.807, 2.05) is 0 Å². The minimum atomic E-state index is -4.08. The van der Waals surface area contributed by atoms with Gasteiger partial charge in [-0.15, -0.1) is 0 Å². The van der Waals surface area contributed by atoms with E-state index in [1.165, 1.54) is 0 Å². The molecule has 3 amide bonds. The third-order valence-corrected chi connectivity index (χ3v) is 5.94. The summed E-state index contributed by atoms with van der Waals surface area (Å²) in [5, 5.41) is 4.63.